The SMILES string of the molecule is CNC(c1nc2c(s1)CCC2)c1cc(Cl)ccc1F. The van der Waals surface area contributed by atoms with Crippen molar-refractivity contribution in [3.05, 3.63) is 50.2 Å². The van der Waals surface area contributed by atoms with Gasteiger partial charge in [-0.05, 0) is 44.5 Å². The summed E-state index contributed by atoms with van der Waals surface area (Å²) in [6.45, 7) is 0. The van der Waals surface area contributed by atoms with E-state index < -0.39 is 0 Å². The Hall–Kier alpha value is -0.970. The fraction of sp³-hybridized carbons (Fsp3) is 0.357. The molecule has 1 aromatic carbocycles. The molecular formula is C14H14ClFN2S. The summed E-state index contributed by atoms with van der Waals surface area (Å²) in [5, 5.41) is 4.61. The first-order chi connectivity index (χ1) is 9.19. The highest BCUT2D eigenvalue weighted by Gasteiger charge is 2.24. The summed E-state index contributed by atoms with van der Waals surface area (Å²) in [6, 6.07) is 4.41. The molecule has 1 unspecified atom stereocenters. The smallest absolute Gasteiger partial charge is 0.128 e. The zero-order valence-electron chi connectivity index (χ0n) is 10.5. The van der Waals surface area contributed by atoms with Crippen LogP contribution in [-0.4, -0.2) is 12.0 Å². The number of thiazole rings is 1. The molecule has 100 valence electrons. The summed E-state index contributed by atoms with van der Waals surface area (Å²) in [7, 11) is 1.82. The topological polar surface area (TPSA) is 24.9 Å². The van der Waals surface area contributed by atoms with Crippen LogP contribution >= 0.6 is 22.9 Å². The van der Waals surface area contributed by atoms with Gasteiger partial charge >= 0.3 is 0 Å². The first kappa shape index (κ1) is 13.0. The van der Waals surface area contributed by atoms with E-state index in [0.29, 0.717) is 10.6 Å². The van der Waals surface area contributed by atoms with Crippen LogP contribution in [0.15, 0.2) is 18.2 Å². The van der Waals surface area contributed by atoms with Crippen molar-refractivity contribution >= 4 is 22.9 Å². The number of halogens is 2. The van der Waals surface area contributed by atoms with Crippen LogP contribution in [-0.2, 0) is 12.8 Å². The maximum absolute atomic E-state index is 14.0. The average molecular weight is 297 g/mol. The summed E-state index contributed by atoms with van der Waals surface area (Å²) in [5.74, 6) is -0.251. The summed E-state index contributed by atoms with van der Waals surface area (Å²) < 4.78 is 14.0. The van der Waals surface area contributed by atoms with Gasteiger partial charge in [0.25, 0.3) is 0 Å². The van der Waals surface area contributed by atoms with Crippen LogP contribution < -0.4 is 5.32 Å². The molecule has 1 aromatic heterocycles. The highest BCUT2D eigenvalue weighted by Crippen LogP contribution is 2.34. The van der Waals surface area contributed by atoms with Crippen molar-refractivity contribution in [2.75, 3.05) is 7.05 Å². The molecule has 5 heteroatoms. The molecule has 0 fully saturated rings. The zero-order chi connectivity index (χ0) is 13.4. The van der Waals surface area contributed by atoms with Gasteiger partial charge in [-0.3, -0.25) is 0 Å². The third-order valence-electron chi connectivity index (χ3n) is 3.42. The second-order valence-electron chi connectivity index (χ2n) is 4.66. The maximum atomic E-state index is 14.0. The minimum atomic E-state index is -0.251. The molecule has 0 saturated carbocycles. The zero-order valence-corrected chi connectivity index (χ0v) is 12.1. The van der Waals surface area contributed by atoms with E-state index in [9.17, 15) is 4.39 Å². The Bertz CT molecular complexity index is 590. The molecule has 0 spiro atoms. The van der Waals surface area contributed by atoms with Gasteiger partial charge in [0.05, 0.1) is 11.7 Å². The number of benzene rings is 1. The van der Waals surface area contributed by atoms with Crippen LogP contribution in [0.4, 0.5) is 4.39 Å². The van der Waals surface area contributed by atoms with Crippen molar-refractivity contribution in [3.63, 3.8) is 0 Å². The molecule has 1 heterocycles. The predicted octanol–water partition coefficient (Wildman–Crippen LogP) is 3.73. The van der Waals surface area contributed by atoms with Crippen LogP contribution in [0, 0.1) is 5.82 Å². The number of fused-ring (bicyclic) bond motifs is 1. The lowest BCUT2D eigenvalue weighted by Gasteiger charge is -2.15. The summed E-state index contributed by atoms with van der Waals surface area (Å²) in [6.07, 6.45) is 3.33. The van der Waals surface area contributed by atoms with E-state index in [1.807, 2.05) is 7.05 Å². The highest BCUT2D eigenvalue weighted by atomic mass is 35.5. The second-order valence-corrected chi connectivity index (χ2v) is 6.21. The van der Waals surface area contributed by atoms with Crippen molar-refractivity contribution < 1.29 is 4.39 Å². The third-order valence-corrected chi connectivity index (χ3v) is 4.87. The molecule has 1 atom stereocenters. The monoisotopic (exact) mass is 296 g/mol. The molecule has 19 heavy (non-hydrogen) atoms. The lowest BCUT2D eigenvalue weighted by molar-refractivity contribution is 0.574. The normalized spacial score (nSPS) is 15.5. The van der Waals surface area contributed by atoms with Crippen molar-refractivity contribution in [1.82, 2.24) is 10.3 Å². The second kappa shape index (κ2) is 5.19. The molecule has 2 nitrogen and oxygen atoms in total. The van der Waals surface area contributed by atoms with Gasteiger partial charge in [0.15, 0.2) is 0 Å². The lowest BCUT2D eigenvalue weighted by atomic mass is 10.1. The van der Waals surface area contributed by atoms with Gasteiger partial charge in [-0.1, -0.05) is 11.6 Å². The molecule has 3 rings (SSSR count). The van der Waals surface area contributed by atoms with Crippen LogP contribution in [0.3, 0.4) is 0 Å². The number of nitrogens with zero attached hydrogens (tertiary/aromatic N) is 1. The van der Waals surface area contributed by atoms with E-state index in [-0.39, 0.29) is 11.9 Å². The molecule has 1 N–H and O–H groups in total. The van der Waals surface area contributed by atoms with E-state index in [4.69, 9.17) is 11.6 Å². The third kappa shape index (κ3) is 2.40. The number of aromatic nitrogens is 1. The molecular weight excluding hydrogens is 283 g/mol. The molecule has 0 bridgehead atoms. The fourth-order valence-electron chi connectivity index (χ4n) is 2.48. The first-order valence-corrected chi connectivity index (χ1v) is 7.49. The van der Waals surface area contributed by atoms with Crippen LogP contribution in [0.25, 0.3) is 0 Å². The van der Waals surface area contributed by atoms with Crippen LogP contribution in [0.2, 0.25) is 5.02 Å². The number of nitrogens with one attached hydrogen (secondary N) is 1. The molecule has 1 aliphatic rings. The fourth-order valence-corrected chi connectivity index (χ4v) is 3.95. The van der Waals surface area contributed by atoms with Gasteiger partial charge in [0, 0.05) is 15.5 Å². The van der Waals surface area contributed by atoms with Crippen LogP contribution in [0.5, 0.6) is 0 Å². The van der Waals surface area contributed by atoms with E-state index >= 15 is 0 Å². The Morgan fingerprint density at radius 1 is 1.42 bits per heavy atom. The Labute approximate surface area is 120 Å². The van der Waals surface area contributed by atoms with Gasteiger partial charge in [0.1, 0.15) is 10.8 Å². The largest absolute Gasteiger partial charge is 0.307 e. The van der Waals surface area contributed by atoms with Crippen molar-refractivity contribution in [2.24, 2.45) is 0 Å². The highest BCUT2D eigenvalue weighted by molar-refractivity contribution is 7.11. The van der Waals surface area contributed by atoms with Gasteiger partial charge in [0.2, 0.25) is 0 Å². The number of rotatable bonds is 3. The lowest BCUT2D eigenvalue weighted by Crippen LogP contribution is -2.19. The standard InChI is InChI=1S/C14H14ClFN2S/c1-17-13(9-7-8(15)5-6-10(9)16)14-18-11-3-2-4-12(11)19-14/h5-7,13,17H,2-4H2,1H3. The van der Waals surface area contributed by atoms with Gasteiger partial charge in [-0.25, -0.2) is 9.37 Å². The van der Waals surface area contributed by atoms with Crippen molar-refractivity contribution in [2.45, 2.75) is 25.3 Å². The number of hydrogen-bond donors (Lipinski definition) is 1. The molecule has 0 radical (unpaired) electrons. The Kier molecular flexibility index (Phi) is 3.56. The van der Waals surface area contributed by atoms with E-state index in [0.717, 1.165) is 17.8 Å². The van der Waals surface area contributed by atoms with Crippen molar-refractivity contribution in [1.29, 1.82) is 0 Å². The van der Waals surface area contributed by atoms with E-state index in [1.54, 1.807) is 23.5 Å². The molecule has 0 amide bonds. The van der Waals surface area contributed by atoms with Gasteiger partial charge in [-0.2, -0.15) is 0 Å². The van der Waals surface area contributed by atoms with E-state index in [2.05, 4.69) is 10.3 Å². The minimum absolute atomic E-state index is 0.228. The van der Waals surface area contributed by atoms with Crippen molar-refractivity contribution in [3.8, 4) is 0 Å². The summed E-state index contributed by atoms with van der Waals surface area (Å²) in [4.78, 5) is 6.00. The molecule has 0 aliphatic heterocycles. The minimum Gasteiger partial charge on any atom is -0.307 e. The predicted molar refractivity (Wildman–Crippen MR) is 76.5 cm³/mol. The average Bonchev–Trinajstić information content (AvgIpc) is 2.95. The van der Waals surface area contributed by atoms with E-state index in [1.165, 1.54) is 23.1 Å². The summed E-state index contributed by atoms with van der Waals surface area (Å²) in [5.41, 5.74) is 1.74. The van der Waals surface area contributed by atoms with Gasteiger partial charge < -0.3 is 5.32 Å². The Balaban J connectivity index is 2.01. The summed E-state index contributed by atoms with van der Waals surface area (Å²) >= 11 is 7.65. The van der Waals surface area contributed by atoms with Gasteiger partial charge in [-0.15, -0.1) is 11.3 Å². The Morgan fingerprint density at radius 3 is 3.00 bits per heavy atom. The first-order valence-electron chi connectivity index (χ1n) is 6.29. The number of aryl methyl sites for hydroxylation is 2. The maximum Gasteiger partial charge on any atom is 0.128 e. The van der Waals surface area contributed by atoms with Crippen LogP contribution in [0.1, 0.15) is 33.6 Å². The Morgan fingerprint density at radius 2 is 2.26 bits per heavy atom. The number of hydrogen-bond acceptors (Lipinski definition) is 3. The molecule has 1 aliphatic carbocycles. The quantitative estimate of drug-likeness (QED) is 0.933. The molecule has 0 saturated heterocycles. The molecule has 2 aromatic rings.